The molecule has 2 fully saturated rings. The van der Waals surface area contributed by atoms with Crippen LogP contribution >= 0.6 is 0 Å². The summed E-state index contributed by atoms with van der Waals surface area (Å²) < 4.78 is 0. The number of hydrogen-bond donors (Lipinski definition) is 1. The number of carbonyl (C=O) groups excluding carboxylic acids is 1. The van der Waals surface area contributed by atoms with Crippen LogP contribution in [0.15, 0.2) is 30.3 Å². The highest BCUT2D eigenvalue weighted by Gasteiger charge is 2.43. The fourth-order valence-corrected chi connectivity index (χ4v) is 2.57. The standard InChI is InChI=1S/C12H14N2O/c15-12-11-6-10(13-12)8-14(11)7-9-4-2-1-3-5-9/h1-5,10-11H,6-8H2,(H,13,15)/t10-,11-/m1/s1. The van der Waals surface area contributed by atoms with E-state index in [0.717, 1.165) is 19.5 Å². The topological polar surface area (TPSA) is 32.3 Å². The van der Waals surface area contributed by atoms with Crippen LogP contribution in [0, 0.1) is 0 Å². The van der Waals surface area contributed by atoms with Gasteiger partial charge in [0.1, 0.15) is 0 Å². The van der Waals surface area contributed by atoms with Crippen molar-refractivity contribution in [2.45, 2.75) is 25.0 Å². The van der Waals surface area contributed by atoms with Crippen molar-refractivity contribution in [3.05, 3.63) is 35.9 Å². The van der Waals surface area contributed by atoms with Crippen molar-refractivity contribution in [3.8, 4) is 0 Å². The quantitative estimate of drug-likeness (QED) is 0.768. The van der Waals surface area contributed by atoms with Crippen molar-refractivity contribution in [1.29, 1.82) is 0 Å². The average Bonchev–Trinajstić information content (AvgIpc) is 2.77. The van der Waals surface area contributed by atoms with Gasteiger partial charge in [-0.2, -0.15) is 0 Å². The molecule has 3 nitrogen and oxygen atoms in total. The molecule has 0 aliphatic carbocycles. The van der Waals surface area contributed by atoms with Gasteiger partial charge in [-0.25, -0.2) is 0 Å². The molecule has 0 saturated carbocycles. The molecule has 0 aromatic heterocycles. The summed E-state index contributed by atoms with van der Waals surface area (Å²) in [4.78, 5) is 13.8. The maximum Gasteiger partial charge on any atom is 0.237 e. The molecular weight excluding hydrogens is 188 g/mol. The third-order valence-electron chi connectivity index (χ3n) is 3.28. The summed E-state index contributed by atoms with van der Waals surface area (Å²) in [5, 5.41) is 2.99. The smallest absolute Gasteiger partial charge is 0.237 e. The van der Waals surface area contributed by atoms with Gasteiger partial charge in [0, 0.05) is 19.1 Å². The van der Waals surface area contributed by atoms with Crippen LogP contribution in [0.3, 0.4) is 0 Å². The predicted molar refractivity (Wildman–Crippen MR) is 57.2 cm³/mol. The molecular formula is C12H14N2O. The van der Waals surface area contributed by atoms with Gasteiger partial charge in [-0.1, -0.05) is 30.3 Å². The number of hydrogen-bond acceptors (Lipinski definition) is 2. The Labute approximate surface area is 89.1 Å². The molecule has 2 atom stereocenters. The number of carbonyl (C=O) groups is 1. The van der Waals surface area contributed by atoms with Crippen LogP contribution in [0.5, 0.6) is 0 Å². The molecule has 1 amide bonds. The molecule has 2 aliphatic heterocycles. The number of piperazine rings is 1. The zero-order valence-corrected chi connectivity index (χ0v) is 8.52. The molecule has 2 saturated heterocycles. The van der Waals surface area contributed by atoms with Crippen molar-refractivity contribution in [2.24, 2.45) is 0 Å². The van der Waals surface area contributed by atoms with Gasteiger partial charge in [0.05, 0.1) is 6.04 Å². The van der Waals surface area contributed by atoms with Crippen LogP contribution in [0.1, 0.15) is 12.0 Å². The zero-order valence-electron chi connectivity index (χ0n) is 8.52. The van der Waals surface area contributed by atoms with E-state index in [-0.39, 0.29) is 11.9 Å². The summed E-state index contributed by atoms with van der Waals surface area (Å²) in [5.41, 5.74) is 1.29. The Kier molecular flexibility index (Phi) is 1.99. The zero-order chi connectivity index (χ0) is 10.3. The first-order chi connectivity index (χ1) is 7.33. The number of fused-ring (bicyclic) bond motifs is 2. The minimum Gasteiger partial charge on any atom is -0.351 e. The molecule has 15 heavy (non-hydrogen) atoms. The van der Waals surface area contributed by atoms with Crippen molar-refractivity contribution in [1.82, 2.24) is 10.2 Å². The molecule has 0 spiro atoms. The second kappa shape index (κ2) is 3.35. The first-order valence-electron chi connectivity index (χ1n) is 5.41. The van der Waals surface area contributed by atoms with Gasteiger partial charge in [0.15, 0.2) is 0 Å². The van der Waals surface area contributed by atoms with Crippen molar-refractivity contribution in [2.75, 3.05) is 6.54 Å². The first kappa shape index (κ1) is 8.92. The molecule has 1 N–H and O–H groups in total. The van der Waals surface area contributed by atoms with E-state index < -0.39 is 0 Å². The molecule has 3 rings (SSSR count). The van der Waals surface area contributed by atoms with Crippen molar-refractivity contribution in [3.63, 3.8) is 0 Å². The minimum atomic E-state index is 0.121. The second-order valence-corrected chi connectivity index (χ2v) is 4.37. The van der Waals surface area contributed by atoms with Crippen LogP contribution < -0.4 is 5.32 Å². The van der Waals surface area contributed by atoms with Crippen molar-refractivity contribution < 1.29 is 4.79 Å². The molecule has 0 unspecified atom stereocenters. The number of nitrogens with zero attached hydrogens (tertiary/aromatic N) is 1. The lowest BCUT2D eigenvalue weighted by atomic mass is 10.2. The Bertz CT molecular complexity index is 376. The highest BCUT2D eigenvalue weighted by Crippen LogP contribution is 2.25. The maximum absolute atomic E-state index is 11.5. The molecule has 78 valence electrons. The third kappa shape index (κ3) is 1.53. The number of likely N-dealkylation sites (tertiary alicyclic amines) is 1. The largest absolute Gasteiger partial charge is 0.351 e. The van der Waals surface area contributed by atoms with Gasteiger partial charge >= 0.3 is 0 Å². The Morgan fingerprint density at radius 1 is 1.33 bits per heavy atom. The second-order valence-electron chi connectivity index (χ2n) is 4.37. The Morgan fingerprint density at radius 2 is 2.13 bits per heavy atom. The van der Waals surface area contributed by atoms with Gasteiger partial charge in [0.25, 0.3) is 0 Å². The SMILES string of the molecule is O=C1N[C@@H]2C[C@H]1N(Cc1ccccc1)C2. The Morgan fingerprint density at radius 3 is 2.80 bits per heavy atom. The van der Waals surface area contributed by atoms with E-state index in [1.807, 2.05) is 18.2 Å². The van der Waals surface area contributed by atoms with Crippen LogP contribution in [-0.4, -0.2) is 29.4 Å². The highest BCUT2D eigenvalue weighted by molar-refractivity contribution is 5.85. The molecule has 2 heterocycles. The lowest BCUT2D eigenvalue weighted by Crippen LogP contribution is -2.47. The third-order valence-corrected chi connectivity index (χ3v) is 3.28. The fraction of sp³-hybridized carbons (Fsp3) is 0.417. The predicted octanol–water partition coefficient (Wildman–Crippen LogP) is 0.759. The lowest BCUT2D eigenvalue weighted by Gasteiger charge is -2.26. The molecule has 3 heteroatoms. The van der Waals surface area contributed by atoms with Gasteiger partial charge in [-0.3, -0.25) is 9.69 Å². The van der Waals surface area contributed by atoms with Gasteiger partial charge < -0.3 is 5.32 Å². The fourth-order valence-electron chi connectivity index (χ4n) is 2.57. The normalized spacial score (nSPS) is 29.5. The molecule has 1 aromatic carbocycles. The summed E-state index contributed by atoms with van der Waals surface area (Å²) in [6.07, 6.45) is 0.992. The van der Waals surface area contributed by atoms with Crippen LogP contribution in [-0.2, 0) is 11.3 Å². The molecule has 2 aliphatic rings. The maximum atomic E-state index is 11.5. The minimum absolute atomic E-state index is 0.121. The summed E-state index contributed by atoms with van der Waals surface area (Å²) in [6, 6.07) is 10.9. The molecule has 2 bridgehead atoms. The molecule has 1 aromatic rings. The van der Waals surface area contributed by atoms with Crippen LogP contribution in [0.4, 0.5) is 0 Å². The summed E-state index contributed by atoms with van der Waals surface area (Å²) in [5.74, 6) is 0.210. The van der Waals surface area contributed by atoms with Crippen LogP contribution in [0.25, 0.3) is 0 Å². The van der Waals surface area contributed by atoms with E-state index in [0.29, 0.717) is 6.04 Å². The number of rotatable bonds is 2. The summed E-state index contributed by atoms with van der Waals surface area (Å²) in [7, 11) is 0. The van der Waals surface area contributed by atoms with E-state index in [9.17, 15) is 4.79 Å². The van der Waals surface area contributed by atoms with E-state index in [1.54, 1.807) is 0 Å². The van der Waals surface area contributed by atoms with Gasteiger partial charge in [0.2, 0.25) is 5.91 Å². The number of nitrogens with one attached hydrogen (secondary N) is 1. The monoisotopic (exact) mass is 202 g/mol. The Balaban J connectivity index is 1.73. The van der Waals surface area contributed by atoms with Gasteiger partial charge in [-0.15, -0.1) is 0 Å². The number of amides is 1. The van der Waals surface area contributed by atoms with Crippen molar-refractivity contribution >= 4 is 5.91 Å². The highest BCUT2D eigenvalue weighted by atomic mass is 16.2. The Hall–Kier alpha value is -1.35. The van der Waals surface area contributed by atoms with E-state index in [1.165, 1.54) is 5.56 Å². The lowest BCUT2D eigenvalue weighted by molar-refractivity contribution is -0.125. The summed E-state index contributed by atoms with van der Waals surface area (Å²) in [6.45, 7) is 1.90. The van der Waals surface area contributed by atoms with E-state index >= 15 is 0 Å². The summed E-state index contributed by atoms with van der Waals surface area (Å²) >= 11 is 0. The molecule has 0 radical (unpaired) electrons. The van der Waals surface area contributed by atoms with Gasteiger partial charge in [-0.05, 0) is 12.0 Å². The first-order valence-corrected chi connectivity index (χ1v) is 5.41. The van der Waals surface area contributed by atoms with Crippen LogP contribution in [0.2, 0.25) is 0 Å². The number of benzene rings is 1. The van der Waals surface area contributed by atoms with E-state index in [2.05, 4.69) is 22.3 Å². The average molecular weight is 202 g/mol. The van der Waals surface area contributed by atoms with E-state index in [4.69, 9.17) is 0 Å².